The molecule has 0 fully saturated rings. The van der Waals surface area contributed by atoms with Crippen molar-refractivity contribution in [1.82, 2.24) is 0 Å². The van der Waals surface area contributed by atoms with Gasteiger partial charge in [0.2, 0.25) is 0 Å². The fraction of sp³-hybridized carbons (Fsp3) is 0.100. The molecule has 0 amide bonds. The Morgan fingerprint density at radius 2 is 1.68 bits per heavy atom. The first kappa shape index (κ1) is 14.5. The predicted molar refractivity (Wildman–Crippen MR) is 102 cm³/mol. The Kier molecular flexibility index (Phi) is 3.09. The average molecular weight is 343 g/mol. The highest BCUT2D eigenvalue weighted by molar-refractivity contribution is 7.25. The van der Waals surface area contributed by atoms with Crippen molar-refractivity contribution in [3.8, 4) is 11.1 Å². The van der Waals surface area contributed by atoms with E-state index in [-0.39, 0.29) is 0 Å². The number of fused-ring (bicyclic) bond motifs is 6. The topological polar surface area (TPSA) is 69.0 Å². The molecule has 1 aliphatic rings. The molecule has 1 aromatic heterocycles. The molecule has 0 unspecified atom stereocenters. The lowest BCUT2D eigenvalue weighted by Crippen LogP contribution is -2.15. The van der Waals surface area contributed by atoms with Crippen molar-refractivity contribution < 1.29 is 5.11 Å². The van der Waals surface area contributed by atoms with Gasteiger partial charge in [0.15, 0.2) is 0 Å². The second-order valence-electron chi connectivity index (χ2n) is 6.22. The Morgan fingerprint density at radius 3 is 2.56 bits per heavy atom. The molecule has 0 aliphatic heterocycles. The van der Waals surface area contributed by atoms with E-state index >= 15 is 0 Å². The highest BCUT2D eigenvalue weighted by atomic mass is 32.1. The van der Waals surface area contributed by atoms with E-state index < -0.39 is 12.1 Å². The molecule has 120 valence electrons. The molecular formula is C20H13N3OS. The van der Waals surface area contributed by atoms with E-state index in [9.17, 15) is 5.11 Å². The molecule has 0 radical (unpaired) electrons. The van der Waals surface area contributed by atoms with Gasteiger partial charge in [0.1, 0.15) is 0 Å². The summed E-state index contributed by atoms with van der Waals surface area (Å²) in [6.07, 6.45) is -0.832. The minimum Gasteiger partial charge on any atom is -0.388 e. The zero-order chi connectivity index (χ0) is 17.0. The van der Waals surface area contributed by atoms with Crippen molar-refractivity contribution in [3.63, 3.8) is 0 Å². The third kappa shape index (κ3) is 2.01. The molecule has 5 rings (SSSR count). The van der Waals surface area contributed by atoms with Crippen molar-refractivity contribution in [2.24, 2.45) is 5.11 Å². The number of nitrogens with zero attached hydrogens (tertiary/aromatic N) is 3. The summed E-state index contributed by atoms with van der Waals surface area (Å²) >= 11 is 1.76. The minimum atomic E-state index is -0.832. The van der Waals surface area contributed by atoms with E-state index in [4.69, 9.17) is 5.53 Å². The fourth-order valence-corrected chi connectivity index (χ4v) is 4.91. The van der Waals surface area contributed by atoms with Crippen LogP contribution in [0.3, 0.4) is 0 Å². The zero-order valence-corrected chi connectivity index (χ0v) is 13.9. The molecule has 1 N–H and O–H groups in total. The second-order valence-corrected chi connectivity index (χ2v) is 7.30. The summed E-state index contributed by atoms with van der Waals surface area (Å²) in [5.41, 5.74) is 12.8. The van der Waals surface area contributed by atoms with Crippen molar-refractivity contribution in [3.05, 3.63) is 82.2 Å². The summed E-state index contributed by atoms with van der Waals surface area (Å²) in [6, 6.07) is 19.7. The normalized spacial score (nSPS) is 18.6. The van der Waals surface area contributed by atoms with Crippen LogP contribution in [0.4, 0.5) is 0 Å². The lowest BCUT2D eigenvalue weighted by Gasteiger charge is -2.29. The van der Waals surface area contributed by atoms with Gasteiger partial charge in [-0.25, -0.2) is 0 Å². The highest BCUT2D eigenvalue weighted by Gasteiger charge is 2.32. The first-order chi connectivity index (χ1) is 12.3. The standard InChI is InChI=1S/C20H13N3OS/c21-23-22-19-16-9-15-12-6-3-4-8-17(12)25-18(15)10-14(16)11-5-1-2-7-13(11)20(19)24/h1-10,19-20,24H/t19-,20-/m1/s1. The van der Waals surface area contributed by atoms with Crippen LogP contribution < -0.4 is 0 Å². The maximum atomic E-state index is 10.8. The summed E-state index contributed by atoms with van der Waals surface area (Å²) in [5, 5.41) is 17.0. The zero-order valence-electron chi connectivity index (χ0n) is 13.1. The smallest absolute Gasteiger partial charge is 0.0933 e. The average Bonchev–Trinajstić information content (AvgIpc) is 3.01. The second kappa shape index (κ2) is 5.33. The van der Waals surface area contributed by atoms with Crippen LogP contribution in [0, 0.1) is 0 Å². The van der Waals surface area contributed by atoms with E-state index in [1.54, 1.807) is 11.3 Å². The van der Waals surface area contributed by atoms with Crippen LogP contribution in [-0.4, -0.2) is 5.11 Å². The largest absolute Gasteiger partial charge is 0.388 e. The monoisotopic (exact) mass is 343 g/mol. The maximum absolute atomic E-state index is 10.8. The van der Waals surface area contributed by atoms with Crippen LogP contribution in [0.5, 0.6) is 0 Å². The van der Waals surface area contributed by atoms with Gasteiger partial charge in [-0.3, -0.25) is 0 Å². The third-order valence-corrected chi connectivity index (χ3v) is 6.05. The molecule has 4 nitrogen and oxygen atoms in total. The molecule has 0 spiro atoms. The number of aliphatic hydroxyl groups excluding tert-OH is 1. The van der Waals surface area contributed by atoms with Gasteiger partial charge in [-0.15, -0.1) is 11.3 Å². The van der Waals surface area contributed by atoms with E-state index in [0.29, 0.717) is 0 Å². The fourth-order valence-electron chi connectivity index (χ4n) is 3.79. The Labute approximate surface area is 147 Å². The van der Waals surface area contributed by atoms with Gasteiger partial charge >= 0.3 is 0 Å². The maximum Gasteiger partial charge on any atom is 0.0933 e. The molecular weight excluding hydrogens is 330 g/mol. The number of azide groups is 1. The molecule has 1 aliphatic carbocycles. The number of hydrogen-bond donors (Lipinski definition) is 1. The Bertz CT molecular complexity index is 1190. The van der Waals surface area contributed by atoms with Crippen LogP contribution in [0.25, 0.3) is 41.7 Å². The summed E-state index contributed by atoms with van der Waals surface area (Å²) in [6.45, 7) is 0. The van der Waals surface area contributed by atoms with Gasteiger partial charge in [-0.05, 0) is 46.0 Å². The van der Waals surface area contributed by atoms with Crippen LogP contribution in [0.2, 0.25) is 0 Å². The summed E-state index contributed by atoms with van der Waals surface area (Å²) in [4.78, 5) is 2.98. The quantitative estimate of drug-likeness (QED) is 0.252. The first-order valence-corrected chi connectivity index (χ1v) is 8.86. The lowest BCUT2D eigenvalue weighted by atomic mass is 9.80. The van der Waals surface area contributed by atoms with Gasteiger partial charge in [0, 0.05) is 25.1 Å². The van der Waals surface area contributed by atoms with Crippen LogP contribution >= 0.6 is 11.3 Å². The number of thiophene rings is 1. The first-order valence-electron chi connectivity index (χ1n) is 8.04. The number of benzene rings is 3. The van der Waals surface area contributed by atoms with Crippen LogP contribution in [-0.2, 0) is 0 Å². The van der Waals surface area contributed by atoms with Gasteiger partial charge in [-0.1, -0.05) is 47.6 Å². The third-order valence-electron chi connectivity index (χ3n) is 4.91. The SMILES string of the molecule is [N-]=[N+]=N[C@@H]1c2cc3c(cc2-c2ccccc2[C@H]1O)sc1ccccc13. The Balaban J connectivity index is 1.91. The van der Waals surface area contributed by atoms with E-state index in [1.165, 1.54) is 14.8 Å². The van der Waals surface area contributed by atoms with Gasteiger partial charge < -0.3 is 5.11 Å². The summed E-state index contributed by atoms with van der Waals surface area (Å²) in [7, 11) is 0. The molecule has 4 aromatic rings. The predicted octanol–water partition coefficient (Wildman–Crippen LogP) is 6.12. The van der Waals surface area contributed by atoms with Crippen molar-refractivity contribution >= 4 is 31.5 Å². The molecule has 5 heteroatoms. The van der Waals surface area contributed by atoms with Crippen molar-refractivity contribution in [2.45, 2.75) is 12.1 Å². The number of aliphatic hydroxyl groups is 1. The van der Waals surface area contributed by atoms with E-state index in [1.807, 2.05) is 36.4 Å². The van der Waals surface area contributed by atoms with Crippen molar-refractivity contribution in [2.75, 3.05) is 0 Å². The highest BCUT2D eigenvalue weighted by Crippen LogP contribution is 2.49. The minimum absolute atomic E-state index is 0.613. The number of rotatable bonds is 1. The van der Waals surface area contributed by atoms with E-state index in [0.717, 1.165) is 27.6 Å². The molecule has 0 bridgehead atoms. The lowest BCUT2D eigenvalue weighted by molar-refractivity contribution is 0.145. The Hall–Kier alpha value is -2.85. The molecule has 25 heavy (non-hydrogen) atoms. The van der Waals surface area contributed by atoms with Gasteiger partial charge in [-0.2, -0.15) is 0 Å². The van der Waals surface area contributed by atoms with Crippen molar-refractivity contribution in [1.29, 1.82) is 0 Å². The van der Waals surface area contributed by atoms with Crippen LogP contribution in [0.1, 0.15) is 23.3 Å². The molecule has 0 saturated heterocycles. The Morgan fingerprint density at radius 1 is 0.880 bits per heavy atom. The summed E-state index contributed by atoms with van der Waals surface area (Å²) < 4.78 is 2.43. The summed E-state index contributed by atoms with van der Waals surface area (Å²) in [5.74, 6) is 0. The molecule has 3 aromatic carbocycles. The van der Waals surface area contributed by atoms with Gasteiger partial charge in [0.05, 0.1) is 12.1 Å². The molecule has 0 saturated carbocycles. The molecule has 2 atom stereocenters. The molecule has 1 heterocycles. The van der Waals surface area contributed by atoms with E-state index in [2.05, 4.69) is 34.3 Å². The van der Waals surface area contributed by atoms with Crippen LogP contribution in [0.15, 0.2) is 65.8 Å². The number of hydrogen-bond acceptors (Lipinski definition) is 3. The van der Waals surface area contributed by atoms with Gasteiger partial charge in [0.25, 0.3) is 0 Å².